The lowest BCUT2D eigenvalue weighted by atomic mass is 10.2. The highest BCUT2D eigenvalue weighted by molar-refractivity contribution is 5.94. The van der Waals surface area contributed by atoms with Crippen molar-refractivity contribution in [2.24, 2.45) is 0 Å². The second-order valence-electron chi connectivity index (χ2n) is 5.63. The van der Waals surface area contributed by atoms with Crippen molar-refractivity contribution in [2.75, 3.05) is 20.2 Å². The monoisotopic (exact) mass is 312 g/mol. The van der Waals surface area contributed by atoms with Crippen molar-refractivity contribution in [3.8, 4) is 11.6 Å². The van der Waals surface area contributed by atoms with Crippen molar-refractivity contribution in [1.82, 2.24) is 9.88 Å². The molecule has 0 aliphatic carbocycles. The van der Waals surface area contributed by atoms with E-state index < -0.39 is 0 Å². The Hall–Kier alpha value is -2.56. The van der Waals surface area contributed by atoms with Crippen LogP contribution < -0.4 is 9.47 Å². The van der Waals surface area contributed by atoms with Crippen LogP contribution in [0.5, 0.6) is 11.6 Å². The Morgan fingerprint density at radius 1 is 1.26 bits per heavy atom. The van der Waals surface area contributed by atoms with Gasteiger partial charge < -0.3 is 14.4 Å². The number of carbonyl (C=O) groups is 1. The van der Waals surface area contributed by atoms with Gasteiger partial charge in [0.1, 0.15) is 11.9 Å². The Labute approximate surface area is 135 Å². The van der Waals surface area contributed by atoms with E-state index in [1.807, 2.05) is 42.2 Å². The molecule has 5 heteroatoms. The number of pyridine rings is 1. The van der Waals surface area contributed by atoms with Gasteiger partial charge in [-0.1, -0.05) is 12.1 Å². The number of hydrogen-bond acceptors (Lipinski definition) is 4. The van der Waals surface area contributed by atoms with Gasteiger partial charge in [0, 0.05) is 30.3 Å². The molecule has 1 atom stereocenters. The normalized spacial score (nSPS) is 17.1. The zero-order chi connectivity index (χ0) is 16.2. The zero-order valence-electron chi connectivity index (χ0n) is 13.4. The van der Waals surface area contributed by atoms with Crippen LogP contribution in [0.2, 0.25) is 0 Å². The Morgan fingerprint density at radius 3 is 2.87 bits per heavy atom. The standard InChI is InChI=1S/C18H20N2O3/c1-13-5-3-8-17(19-13)23-16-9-10-20(12-16)18(21)14-6-4-7-15(11-14)22-2/h3-8,11,16H,9-10,12H2,1-2H3. The van der Waals surface area contributed by atoms with Crippen LogP contribution in [0.15, 0.2) is 42.5 Å². The Morgan fingerprint density at radius 2 is 2.09 bits per heavy atom. The first-order valence-electron chi connectivity index (χ1n) is 7.69. The van der Waals surface area contributed by atoms with E-state index in [2.05, 4.69) is 4.98 Å². The first-order chi connectivity index (χ1) is 11.2. The molecule has 1 amide bonds. The maximum Gasteiger partial charge on any atom is 0.254 e. The summed E-state index contributed by atoms with van der Waals surface area (Å²) in [6.07, 6.45) is 0.796. The molecule has 2 aromatic rings. The van der Waals surface area contributed by atoms with Gasteiger partial charge in [-0.15, -0.1) is 0 Å². The second kappa shape index (κ2) is 6.69. The summed E-state index contributed by atoms with van der Waals surface area (Å²) >= 11 is 0. The van der Waals surface area contributed by atoms with Crippen LogP contribution in [0.25, 0.3) is 0 Å². The molecule has 1 unspecified atom stereocenters. The number of nitrogens with zero attached hydrogens (tertiary/aromatic N) is 2. The number of ether oxygens (including phenoxy) is 2. The Balaban J connectivity index is 1.63. The van der Waals surface area contributed by atoms with Crippen LogP contribution in [0.1, 0.15) is 22.5 Å². The fourth-order valence-corrected chi connectivity index (χ4v) is 2.70. The molecule has 1 saturated heterocycles. The topological polar surface area (TPSA) is 51.7 Å². The summed E-state index contributed by atoms with van der Waals surface area (Å²) in [4.78, 5) is 18.7. The third-order valence-electron chi connectivity index (χ3n) is 3.90. The number of likely N-dealkylation sites (tertiary alicyclic amines) is 1. The average molecular weight is 312 g/mol. The number of hydrogen-bond donors (Lipinski definition) is 0. The van der Waals surface area contributed by atoms with Crippen molar-refractivity contribution in [2.45, 2.75) is 19.4 Å². The lowest BCUT2D eigenvalue weighted by Crippen LogP contribution is -2.31. The van der Waals surface area contributed by atoms with Crippen molar-refractivity contribution >= 4 is 5.91 Å². The minimum Gasteiger partial charge on any atom is -0.497 e. The smallest absolute Gasteiger partial charge is 0.254 e. The van der Waals surface area contributed by atoms with E-state index in [1.54, 1.807) is 19.2 Å². The molecular formula is C18H20N2O3. The van der Waals surface area contributed by atoms with E-state index in [9.17, 15) is 4.79 Å². The van der Waals surface area contributed by atoms with E-state index in [1.165, 1.54) is 0 Å². The minimum atomic E-state index is -0.0149. The van der Waals surface area contributed by atoms with Crippen LogP contribution >= 0.6 is 0 Å². The summed E-state index contributed by atoms with van der Waals surface area (Å²) in [5.74, 6) is 1.31. The predicted octanol–water partition coefficient (Wildman–Crippen LogP) is 2.69. The summed E-state index contributed by atoms with van der Waals surface area (Å²) in [5.41, 5.74) is 1.56. The van der Waals surface area contributed by atoms with Gasteiger partial charge in [0.25, 0.3) is 5.91 Å². The lowest BCUT2D eigenvalue weighted by Gasteiger charge is -2.17. The number of aromatic nitrogens is 1. The quantitative estimate of drug-likeness (QED) is 0.871. The van der Waals surface area contributed by atoms with Gasteiger partial charge in [-0.05, 0) is 31.2 Å². The Kier molecular flexibility index (Phi) is 4.46. The number of aryl methyl sites for hydroxylation is 1. The summed E-state index contributed by atoms with van der Waals surface area (Å²) in [7, 11) is 1.60. The molecule has 1 fully saturated rings. The van der Waals surface area contributed by atoms with Gasteiger partial charge in [-0.3, -0.25) is 4.79 Å². The van der Waals surface area contributed by atoms with Crippen molar-refractivity contribution in [3.05, 3.63) is 53.7 Å². The number of rotatable bonds is 4. The summed E-state index contributed by atoms with van der Waals surface area (Å²) in [6.45, 7) is 3.19. The van der Waals surface area contributed by atoms with Gasteiger partial charge >= 0.3 is 0 Å². The van der Waals surface area contributed by atoms with Crippen LogP contribution in [0, 0.1) is 6.92 Å². The summed E-state index contributed by atoms with van der Waals surface area (Å²) < 4.78 is 11.1. The fourth-order valence-electron chi connectivity index (χ4n) is 2.70. The number of carbonyl (C=O) groups excluding carboxylic acids is 1. The van der Waals surface area contributed by atoms with Crippen LogP contribution in [0.4, 0.5) is 0 Å². The highest BCUT2D eigenvalue weighted by Gasteiger charge is 2.28. The van der Waals surface area contributed by atoms with E-state index >= 15 is 0 Å². The van der Waals surface area contributed by atoms with Gasteiger partial charge in [-0.2, -0.15) is 0 Å². The van der Waals surface area contributed by atoms with Crippen LogP contribution in [-0.2, 0) is 0 Å². The minimum absolute atomic E-state index is 0.00667. The molecule has 120 valence electrons. The molecule has 2 heterocycles. The molecule has 0 N–H and O–H groups in total. The fraction of sp³-hybridized carbons (Fsp3) is 0.333. The first kappa shape index (κ1) is 15.3. The van der Waals surface area contributed by atoms with Gasteiger partial charge in [0.2, 0.25) is 5.88 Å². The van der Waals surface area contributed by atoms with Crippen LogP contribution in [0.3, 0.4) is 0 Å². The van der Waals surface area contributed by atoms with E-state index in [4.69, 9.17) is 9.47 Å². The molecule has 3 rings (SSSR count). The highest BCUT2D eigenvalue weighted by atomic mass is 16.5. The molecular weight excluding hydrogens is 292 g/mol. The number of benzene rings is 1. The molecule has 1 aromatic carbocycles. The molecule has 0 bridgehead atoms. The molecule has 1 aliphatic rings. The lowest BCUT2D eigenvalue weighted by molar-refractivity contribution is 0.0771. The highest BCUT2D eigenvalue weighted by Crippen LogP contribution is 2.20. The summed E-state index contributed by atoms with van der Waals surface area (Å²) in [6, 6.07) is 12.9. The Bertz CT molecular complexity index is 702. The first-order valence-corrected chi connectivity index (χ1v) is 7.69. The molecule has 5 nitrogen and oxygen atoms in total. The average Bonchev–Trinajstić information content (AvgIpc) is 3.02. The SMILES string of the molecule is COc1cccc(C(=O)N2CCC(Oc3cccc(C)n3)C2)c1. The molecule has 0 saturated carbocycles. The van der Waals surface area contributed by atoms with E-state index in [-0.39, 0.29) is 12.0 Å². The van der Waals surface area contributed by atoms with E-state index in [0.717, 1.165) is 12.1 Å². The molecule has 1 aromatic heterocycles. The predicted molar refractivity (Wildman–Crippen MR) is 86.9 cm³/mol. The van der Waals surface area contributed by atoms with Crippen molar-refractivity contribution in [3.63, 3.8) is 0 Å². The van der Waals surface area contributed by atoms with Gasteiger partial charge in [0.15, 0.2) is 0 Å². The third kappa shape index (κ3) is 3.62. The largest absolute Gasteiger partial charge is 0.497 e. The molecule has 0 radical (unpaired) electrons. The van der Waals surface area contributed by atoms with Crippen LogP contribution in [-0.4, -0.2) is 42.1 Å². The summed E-state index contributed by atoms with van der Waals surface area (Å²) in [5, 5.41) is 0. The third-order valence-corrected chi connectivity index (χ3v) is 3.90. The zero-order valence-corrected chi connectivity index (χ0v) is 13.4. The maximum atomic E-state index is 12.6. The van der Waals surface area contributed by atoms with Gasteiger partial charge in [0.05, 0.1) is 13.7 Å². The van der Waals surface area contributed by atoms with Crippen molar-refractivity contribution in [1.29, 1.82) is 0 Å². The molecule has 23 heavy (non-hydrogen) atoms. The van der Waals surface area contributed by atoms with Gasteiger partial charge in [-0.25, -0.2) is 4.98 Å². The molecule has 1 aliphatic heterocycles. The van der Waals surface area contributed by atoms with Crippen molar-refractivity contribution < 1.29 is 14.3 Å². The number of amides is 1. The second-order valence-corrected chi connectivity index (χ2v) is 5.63. The maximum absolute atomic E-state index is 12.6. The van der Waals surface area contributed by atoms with E-state index in [0.29, 0.717) is 30.3 Å². The number of methoxy groups -OCH3 is 1. The molecule has 0 spiro atoms.